The predicted molar refractivity (Wildman–Crippen MR) is 109 cm³/mol. The summed E-state index contributed by atoms with van der Waals surface area (Å²) in [6, 6.07) is 16.8. The van der Waals surface area contributed by atoms with Crippen molar-refractivity contribution in [1.82, 2.24) is 5.32 Å². The van der Waals surface area contributed by atoms with E-state index in [0.29, 0.717) is 18.7 Å². The predicted octanol–water partition coefficient (Wildman–Crippen LogP) is 3.93. The zero-order valence-electron chi connectivity index (χ0n) is 15.8. The van der Waals surface area contributed by atoms with Crippen LogP contribution in [0.2, 0.25) is 0 Å². The molecule has 0 spiro atoms. The molecular weight excluding hydrogens is 356 g/mol. The van der Waals surface area contributed by atoms with E-state index in [1.807, 2.05) is 54.6 Å². The Morgan fingerprint density at radius 3 is 2.39 bits per heavy atom. The smallest absolute Gasteiger partial charge is 0.407 e. The molecule has 0 saturated heterocycles. The Balaban J connectivity index is 1.65. The van der Waals surface area contributed by atoms with Crippen molar-refractivity contribution >= 4 is 29.5 Å². The number of amides is 2. The largest absolute Gasteiger partial charge is 0.445 e. The van der Waals surface area contributed by atoms with Gasteiger partial charge in [0.1, 0.15) is 12.4 Å². The van der Waals surface area contributed by atoms with Gasteiger partial charge in [0.15, 0.2) is 0 Å². The maximum Gasteiger partial charge on any atom is 0.407 e. The molecular formula is C22H24N2O4. The third kappa shape index (κ3) is 8.31. The van der Waals surface area contributed by atoms with E-state index >= 15 is 0 Å². The molecule has 2 aromatic carbocycles. The zero-order valence-corrected chi connectivity index (χ0v) is 15.8. The topological polar surface area (TPSA) is 84.5 Å². The molecule has 0 aromatic heterocycles. The van der Waals surface area contributed by atoms with E-state index in [2.05, 4.69) is 10.6 Å². The number of hydrogen-bond acceptors (Lipinski definition) is 4. The molecule has 2 N–H and O–H groups in total. The zero-order chi connectivity index (χ0) is 20.2. The SMILES string of the molecule is CC(=O)CC(=O)Nc1ccc(C=CCCNC(=O)OCc2ccccc2)cc1. The van der Waals surface area contributed by atoms with Crippen molar-refractivity contribution in [2.24, 2.45) is 0 Å². The third-order valence-corrected chi connectivity index (χ3v) is 3.71. The molecule has 0 atom stereocenters. The third-order valence-electron chi connectivity index (χ3n) is 3.71. The molecule has 0 fully saturated rings. The average molecular weight is 380 g/mol. The van der Waals surface area contributed by atoms with Crippen LogP contribution in [-0.4, -0.2) is 24.3 Å². The van der Waals surface area contributed by atoms with Crippen molar-refractivity contribution in [3.05, 3.63) is 71.8 Å². The van der Waals surface area contributed by atoms with Gasteiger partial charge >= 0.3 is 6.09 Å². The summed E-state index contributed by atoms with van der Waals surface area (Å²) in [5.41, 5.74) is 2.56. The summed E-state index contributed by atoms with van der Waals surface area (Å²) in [7, 11) is 0. The Morgan fingerprint density at radius 1 is 1.00 bits per heavy atom. The highest BCUT2D eigenvalue weighted by Crippen LogP contribution is 2.11. The van der Waals surface area contributed by atoms with Crippen molar-refractivity contribution in [3.63, 3.8) is 0 Å². The number of nitrogens with one attached hydrogen (secondary N) is 2. The van der Waals surface area contributed by atoms with E-state index < -0.39 is 6.09 Å². The Kier molecular flexibility index (Phi) is 8.46. The second kappa shape index (κ2) is 11.3. The van der Waals surface area contributed by atoms with Crippen LogP contribution in [0, 0.1) is 0 Å². The Morgan fingerprint density at radius 2 is 1.71 bits per heavy atom. The van der Waals surface area contributed by atoms with Crippen LogP contribution in [0.15, 0.2) is 60.7 Å². The van der Waals surface area contributed by atoms with E-state index in [-0.39, 0.29) is 24.7 Å². The van der Waals surface area contributed by atoms with Crippen molar-refractivity contribution in [2.75, 3.05) is 11.9 Å². The lowest BCUT2D eigenvalue weighted by atomic mass is 10.1. The molecule has 0 bridgehead atoms. The highest BCUT2D eigenvalue weighted by atomic mass is 16.5. The van der Waals surface area contributed by atoms with Gasteiger partial charge in [-0.2, -0.15) is 0 Å². The first-order valence-electron chi connectivity index (χ1n) is 9.03. The number of Topliss-reactive ketones (excluding diaryl/α,β-unsaturated/α-hetero) is 1. The minimum atomic E-state index is -0.442. The number of anilines is 1. The maximum absolute atomic E-state index is 11.6. The van der Waals surface area contributed by atoms with Gasteiger partial charge in [0.25, 0.3) is 0 Å². The minimum absolute atomic E-state index is 0.123. The number of carbonyl (C=O) groups is 3. The highest BCUT2D eigenvalue weighted by Gasteiger charge is 2.05. The van der Waals surface area contributed by atoms with Gasteiger partial charge in [-0.15, -0.1) is 0 Å². The number of alkyl carbamates (subject to hydrolysis) is 1. The molecule has 0 unspecified atom stereocenters. The van der Waals surface area contributed by atoms with E-state index in [1.54, 1.807) is 12.1 Å². The Hall–Kier alpha value is -3.41. The summed E-state index contributed by atoms with van der Waals surface area (Å²) in [6.45, 7) is 2.10. The lowest BCUT2D eigenvalue weighted by Gasteiger charge is -2.06. The van der Waals surface area contributed by atoms with Gasteiger partial charge in [0, 0.05) is 12.2 Å². The van der Waals surface area contributed by atoms with Crippen molar-refractivity contribution < 1.29 is 19.1 Å². The number of hydrogen-bond donors (Lipinski definition) is 2. The van der Waals surface area contributed by atoms with Crippen molar-refractivity contribution in [3.8, 4) is 0 Å². The summed E-state index contributed by atoms with van der Waals surface area (Å²) in [5.74, 6) is -0.490. The standard InChI is InChI=1S/C22H24N2O4/c1-17(25)15-21(26)24-20-12-10-18(11-13-20)7-5-6-14-23-22(27)28-16-19-8-3-2-4-9-19/h2-5,7-13H,6,14-16H2,1H3,(H,23,27)(H,24,26). The van der Waals surface area contributed by atoms with Crippen molar-refractivity contribution in [2.45, 2.75) is 26.4 Å². The molecule has 0 aliphatic carbocycles. The highest BCUT2D eigenvalue weighted by molar-refractivity contribution is 6.03. The van der Waals surface area contributed by atoms with Gasteiger partial charge in [-0.3, -0.25) is 9.59 Å². The molecule has 6 nitrogen and oxygen atoms in total. The van der Waals surface area contributed by atoms with E-state index in [9.17, 15) is 14.4 Å². The van der Waals surface area contributed by atoms with Gasteiger partial charge in [-0.25, -0.2) is 4.79 Å². The fraction of sp³-hybridized carbons (Fsp3) is 0.227. The van der Waals surface area contributed by atoms with E-state index in [0.717, 1.165) is 11.1 Å². The van der Waals surface area contributed by atoms with Crippen molar-refractivity contribution in [1.29, 1.82) is 0 Å². The molecule has 0 heterocycles. The van der Waals surface area contributed by atoms with Crippen LogP contribution >= 0.6 is 0 Å². The Bertz CT molecular complexity index is 814. The second-order valence-corrected chi connectivity index (χ2v) is 6.23. The Labute approximate surface area is 164 Å². The summed E-state index contributed by atoms with van der Waals surface area (Å²) >= 11 is 0. The quantitative estimate of drug-likeness (QED) is 0.510. The van der Waals surface area contributed by atoms with Gasteiger partial charge in [0.05, 0.1) is 6.42 Å². The van der Waals surface area contributed by atoms with Crippen LogP contribution in [0.25, 0.3) is 6.08 Å². The molecule has 0 aliphatic rings. The van der Waals surface area contributed by atoms with Crippen LogP contribution in [0.1, 0.15) is 30.9 Å². The van der Waals surface area contributed by atoms with Crippen LogP contribution in [0.3, 0.4) is 0 Å². The average Bonchev–Trinajstić information content (AvgIpc) is 2.67. The molecule has 0 radical (unpaired) electrons. The fourth-order valence-electron chi connectivity index (χ4n) is 2.36. The maximum atomic E-state index is 11.6. The minimum Gasteiger partial charge on any atom is -0.445 e. The number of ether oxygens (including phenoxy) is 1. The van der Waals surface area contributed by atoms with Crippen LogP contribution in [0.4, 0.5) is 10.5 Å². The number of rotatable bonds is 9. The molecule has 2 aromatic rings. The summed E-state index contributed by atoms with van der Waals surface area (Å²) in [6.07, 6.45) is 3.97. The summed E-state index contributed by atoms with van der Waals surface area (Å²) in [4.78, 5) is 34.1. The molecule has 28 heavy (non-hydrogen) atoms. The van der Waals surface area contributed by atoms with Gasteiger partial charge in [0.2, 0.25) is 5.91 Å². The molecule has 0 saturated carbocycles. The monoisotopic (exact) mass is 380 g/mol. The normalized spacial score (nSPS) is 10.5. The molecule has 6 heteroatoms. The molecule has 2 amide bonds. The van der Waals surface area contributed by atoms with Gasteiger partial charge in [-0.1, -0.05) is 54.6 Å². The van der Waals surface area contributed by atoms with Crippen LogP contribution < -0.4 is 10.6 Å². The lowest BCUT2D eigenvalue weighted by Crippen LogP contribution is -2.24. The number of carbonyl (C=O) groups excluding carboxylic acids is 3. The summed E-state index contributed by atoms with van der Waals surface area (Å²) in [5, 5.41) is 5.37. The molecule has 0 aliphatic heterocycles. The fourth-order valence-corrected chi connectivity index (χ4v) is 2.36. The molecule has 2 rings (SSSR count). The van der Waals surface area contributed by atoms with Gasteiger partial charge in [-0.05, 0) is 36.6 Å². The number of benzene rings is 2. The molecule has 146 valence electrons. The summed E-state index contributed by atoms with van der Waals surface area (Å²) < 4.78 is 5.13. The van der Waals surface area contributed by atoms with Crippen LogP contribution in [-0.2, 0) is 20.9 Å². The first-order valence-corrected chi connectivity index (χ1v) is 9.03. The van der Waals surface area contributed by atoms with E-state index in [4.69, 9.17) is 4.74 Å². The first kappa shape index (κ1) is 20.9. The number of ketones is 1. The van der Waals surface area contributed by atoms with Crippen LogP contribution in [0.5, 0.6) is 0 Å². The van der Waals surface area contributed by atoms with E-state index in [1.165, 1.54) is 6.92 Å². The second-order valence-electron chi connectivity index (χ2n) is 6.23. The first-order chi connectivity index (χ1) is 13.5. The van der Waals surface area contributed by atoms with Gasteiger partial charge < -0.3 is 15.4 Å². The lowest BCUT2D eigenvalue weighted by molar-refractivity contribution is -0.124.